The summed E-state index contributed by atoms with van der Waals surface area (Å²) in [4.78, 5) is 4.61. The van der Waals surface area contributed by atoms with E-state index in [-0.39, 0.29) is 31.0 Å². The molecular weight excluding hydrogens is 380 g/mol. The van der Waals surface area contributed by atoms with E-state index in [1.54, 1.807) is 0 Å². The second-order valence-electron chi connectivity index (χ2n) is 8.04. The summed E-state index contributed by atoms with van der Waals surface area (Å²) < 4.78 is 31.8. The number of nitrogens with zero attached hydrogens (tertiary/aromatic N) is 3. The van der Waals surface area contributed by atoms with Crippen molar-refractivity contribution >= 4 is 22.6 Å². The molecule has 152 valence electrons. The van der Waals surface area contributed by atoms with Gasteiger partial charge in [0.05, 0.1) is 11.6 Å². The van der Waals surface area contributed by atoms with Gasteiger partial charge in [0.15, 0.2) is 0 Å². The third-order valence-corrected chi connectivity index (χ3v) is 5.56. The Balaban J connectivity index is 1.34. The Labute approximate surface area is 165 Å². The Morgan fingerprint density at radius 1 is 1.10 bits per heavy atom. The average molecular weight is 401 g/mol. The van der Waals surface area contributed by atoms with Crippen LogP contribution in [0.15, 0.2) is 28.7 Å². The molecule has 0 aliphatic heterocycles. The molecule has 0 radical (unpaired) electrons. The molecule has 3 N–H and O–H groups in total. The van der Waals surface area contributed by atoms with Crippen molar-refractivity contribution in [1.29, 1.82) is 0 Å². The third kappa shape index (κ3) is 3.62. The highest BCUT2D eigenvalue weighted by Gasteiger charge is 2.45. The van der Waals surface area contributed by atoms with E-state index in [4.69, 9.17) is 4.42 Å². The fraction of sp³-hybridized carbons (Fsp3) is 0.450. The molecule has 2 aliphatic carbocycles. The molecule has 2 heterocycles. The maximum absolute atomic E-state index is 13.0. The van der Waals surface area contributed by atoms with E-state index in [1.807, 2.05) is 31.2 Å². The monoisotopic (exact) mass is 401 g/mol. The van der Waals surface area contributed by atoms with E-state index in [1.165, 1.54) is 0 Å². The lowest BCUT2D eigenvalue weighted by atomic mass is 9.88. The van der Waals surface area contributed by atoms with Crippen molar-refractivity contribution in [2.75, 3.05) is 10.6 Å². The van der Waals surface area contributed by atoms with E-state index >= 15 is 0 Å². The number of hydrogen-bond donors (Lipinski definition) is 3. The number of aryl methyl sites for hydroxylation is 1. The van der Waals surface area contributed by atoms with Crippen molar-refractivity contribution in [3.63, 3.8) is 0 Å². The van der Waals surface area contributed by atoms with Crippen molar-refractivity contribution in [3.05, 3.63) is 29.8 Å². The fourth-order valence-corrected chi connectivity index (χ4v) is 3.86. The minimum atomic E-state index is -2.54. The fourth-order valence-electron chi connectivity index (χ4n) is 3.86. The average Bonchev–Trinajstić information content (AvgIpc) is 3.08. The number of halogens is 2. The zero-order valence-corrected chi connectivity index (χ0v) is 15.8. The summed E-state index contributed by atoms with van der Waals surface area (Å²) in [5.41, 5.74) is 3.12. The standard InChI is InChI=1S/C20H21F2N5O2/c1-10-4-17(18-26-27-19(29-18)24-12-5-14(28)6-12)25-16-3-2-11(7-15(10)16)23-13-8-20(21,22)9-13/h2-4,7,12-14,23,28H,5-6,8-9H2,1H3,(H,24,27). The summed E-state index contributed by atoms with van der Waals surface area (Å²) >= 11 is 0. The van der Waals surface area contributed by atoms with Crippen molar-refractivity contribution < 1.29 is 18.3 Å². The topological polar surface area (TPSA) is 96.1 Å². The molecule has 1 aromatic carbocycles. The molecule has 9 heteroatoms. The Hall–Kier alpha value is -2.81. The maximum atomic E-state index is 13.0. The molecule has 0 amide bonds. The van der Waals surface area contributed by atoms with Crippen LogP contribution < -0.4 is 10.6 Å². The van der Waals surface area contributed by atoms with Crippen LogP contribution in [0.3, 0.4) is 0 Å². The number of anilines is 2. The van der Waals surface area contributed by atoms with Gasteiger partial charge in [0.2, 0.25) is 0 Å². The van der Waals surface area contributed by atoms with Crippen LogP contribution in [0.25, 0.3) is 22.5 Å². The van der Waals surface area contributed by atoms with Crippen molar-refractivity contribution in [2.45, 2.75) is 56.7 Å². The van der Waals surface area contributed by atoms with Crippen LogP contribution in [0, 0.1) is 6.92 Å². The van der Waals surface area contributed by atoms with Crippen LogP contribution in [-0.2, 0) is 0 Å². The molecule has 0 spiro atoms. The first-order valence-corrected chi connectivity index (χ1v) is 9.69. The van der Waals surface area contributed by atoms with E-state index in [0.717, 1.165) is 22.2 Å². The largest absolute Gasteiger partial charge is 0.402 e. The van der Waals surface area contributed by atoms with Gasteiger partial charge in [0, 0.05) is 36.0 Å². The van der Waals surface area contributed by atoms with Crippen LogP contribution in [-0.4, -0.2) is 44.4 Å². The number of alkyl halides is 2. The summed E-state index contributed by atoms with van der Waals surface area (Å²) in [5, 5.41) is 24.6. The van der Waals surface area contributed by atoms with Gasteiger partial charge in [0.1, 0.15) is 5.69 Å². The van der Waals surface area contributed by atoms with Gasteiger partial charge in [-0.05, 0) is 49.6 Å². The molecule has 29 heavy (non-hydrogen) atoms. The quantitative estimate of drug-likeness (QED) is 0.599. The highest BCUT2D eigenvalue weighted by Crippen LogP contribution is 2.39. The van der Waals surface area contributed by atoms with Gasteiger partial charge in [-0.25, -0.2) is 13.8 Å². The van der Waals surface area contributed by atoms with Crippen LogP contribution in [0.4, 0.5) is 20.5 Å². The van der Waals surface area contributed by atoms with E-state index in [9.17, 15) is 13.9 Å². The first-order chi connectivity index (χ1) is 13.8. The molecule has 3 aromatic rings. The molecule has 7 nitrogen and oxygen atoms in total. The summed E-state index contributed by atoms with van der Waals surface area (Å²) in [7, 11) is 0. The zero-order valence-electron chi connectivity index (χ0n) is 15.8. The predicted octanol–water partition coefficient (Wildman–Crippen LogP) is 3.74. The molecule has 2 aliphatic rings. The lowest BCUT2D eigenvalue weighted by Gasteiger charge is -2.36. The van der Waals surface area contributed by atoms with Crippen LogP contribution in [0.1, 0.15) is 31.2 Å². The SMILES string of the molecule is Cc1cc(-c2nnc(NC3CC(O)C3)o2)nc2ccc(NC3CC(F)(F)C3)cc12. The molecule has 2 fully saturated rings. The summed E-state index contributed by atoms with van der Waals surface area (Å²) in [5.74, 6) is -2.23. The highest BCUT2D eigenvalue weighted by atomic mass is 19.3. The Kier molecular flexibility index (Phi) is 4.16. The Morgan fingerprint density at radius 2 is 1.90 bits per heavy atom. The van der Waals surface area contributed by atoms with Gasteiger partial charge in [-0.15, -0.1) is 5.10 Å². The van der Waals surface area contributed by atoms with E-state index in [2.05, 4.69) is 25.8 Å². The van der Waals surface area contributed by atoms with Crippen molar-refractivity contribution in [1.82, 2.24) is 15.2 Å². The number of aliphatic hydroxyl groups excluding tert-OH is 1. The molecule has 2 aromatic heterocycles. The molecule has 0 bridgehead atoms. The zero-order chi connectivity index (χ0) is 20.2. The Morgan fingerprint density at radius 3 is 2.62 bits per heavy atom. The maximum Gasteiger partial charge on any atom is 0.316 e. The lowest BCUT2D eigenvalue weighted by molar-refractivity contribution is -0.0793. The lowest BCUT2D eigenvalue weighted by Crippen LogP contribution is -2.44. The van der Waals surface area contributed by atoms with Gasteiger partial charge in [-0.1, -0.05) is 5.10 Å². The number of benzene rings is 1. The van der Waals surface area contributed by atoms with Crippen molar-refractivity contribution in [2.24, 2.45) is 0 Å². The van der Waals surface area contributed by atoms with E-state index in [0.29, 0.717) is 30.4 Å². The highest BCUT2D eigenvalue weighted by molar-refractivity contribution is 5.87. The second kappa shape index (κ2) is 6.62. The van der Waals surface area contributed by atoms with Crippen molar-refractivity contribution in [3.8, 4) is 11.6 Å². The number of aliphatic hydroxyl groups is 1. The first-order valence-electron chi connectivity index (χ1n) is 9.69. The third-order valence-electron chi connectivity index (χ3n) is 5.56. The summed E-state index contributed by atoms with van der Waals surface area (Å²) in [6.45, 7) is 1.96. The van der Waals surface area contributed by atoms with Gasteiger partial charge >= 0.3 is 6.01 Å². The van der Waals surface area contributed by atoms with Gasteiger partial charge in [-0.2, -0.15) is 0 Å². The Bertz CT molecular complexity index is 1060. The number of aromatic nitrogens is 3. The molecule has 0 unspecified atom stereocenters. The van der Waals surface area contributed by atoms with Gasteiger partial charge in [-0.3, -0.25) is 0 Å². The number of hydrogen-bond acceptors (Lipinski definition) is 7. The normalized spacial score (nSPS) is 23.4. The molecular formula is C20H21F2N5O2. The second-order valence-corrected chi connectivity index (χ2v) is 8.04. The molecule has 0 atom stereocenters. The van der Waals surface area contributed by atoms with Gasteiger partial charge < -0.3 is 20.2 Å². The number of rotatable bonds is 5. The smallest absolute Gasteiger partial charge is 0.316 e. The summed E-state index contributed by atoms with van der Waals surface area (Å²) in [6, 6.07) is 7.76. The van der Waals surface area contributed by atoms with Gasteiger partial charge in [0.25, 0.3) is 11.8 Å². The molecule has 0 saturated heterocycles. The number of nitrogens with one attached hydrogen (secondary N) is 2. The minimum Gasteiger partial charge on any atom is -0.402 e. The number of fused-ring (bicyclic) bond motifs is 1. The van der Waals surface area contributed by atoms with E-state index < -0.39 is 5.92 Å². The molecule has 5 rings (SSSR count). The minimum absolute atomic E-state index is 0.130. The number of pyridine rings is 1. The van der Waals surface area contributed by atoms with Crippen LogP contribution in [0.2, 0.25) is 0 Å². The predicted molar refractivity (Wildman–Crippen MR) is 104 cm³/mol. The molecule has 2 saturated carbocycles. The summed E-state index contributed by atoms with van der Waals surface area (Å²) in [6.07, 6.45) is 0.808. The first kappa shape index (κ1) is 18.2. The van der Waals surface area contributed by atoms with Crippen LogP contribution in [0.5, 0.6) is 0 Å². The van der Waals surface area contributed by atoms with Crippen LogP contribution >= 0.6 is 0 Å².